The number of carbonyl (C=O) groups is 1. The van der Waals surface area contributed by atoms with Gasteiger partial charge in [0, 0.05) is 30.2 Å². The van der Waals surface area contributed by atoms with Crippen LogP contribution in [0, 0.1) is 6.92 Å². The first kappa shape index (κ1) is 16.2. The average Bonchev–Trinajstić information content (AvgIpc) is 3.19. The SMILES string of the molecule is CS[C@H]1CC[C@@H](N(C)C(=O)NCc2cn3c(C)cccc3n2)C1. The summed E-state index contributed by atoms with van der Waals surface area (Å²) < 4.78 is 2.05. The van der Waals surface area contributed by atoms with E-state index in [0.29, 0.717) is 17.8 Å². The van der Waals surface area contributed by atoms with Crippen molar-refractivity contribution in [3.63, 3.8) is 0 Å². The summed E-state index contributed by atoms with van der Waals surface area (Å²) in [5.74, 6) is 0. The van der Waals surface area contributed by atoms with Crippen molar-refractivity contribution in [3.8, 4) is 0 Å². The lowest BCUT2D eigenvalue weighted by Gasteiger charge is -2.24. The Kier molecular flexibility index (Phi) is 4.80. The third-order valence-corrected chi connectivity index (χ3v) is 5.82. The normalized spacial score (nSPS) is 20.8. The van der Waals surface area contributed by atoms with E-state index in [0.717, 1.165) is 29.9 Å². The van der Waals surface area contributed by atoms with E-state index in [-0.39, 0.29) is 6.03 Å². The maximum absolute atomic E-state index is 12.4. The highest BCUT2D eigenvalue weighted by Gasteiger charge is 2.29. The number of aryl methyl sites for hydroxylation is 1. The van der Waals surface area contributed by atoms with E-state index in [9.17, 15) is 4.79 Å². The Labute approximate surface area is 141 Å². The number of hydrogen-bond acceptors (Lipinski definition) is 3. The number of imidazole rings is 1. The van der Waals surface area contributed by atoms with Crippen LogP contribution in [-0.4, -0.2) is 44.9 Å². The van der Waals surface area contributed by atoms with Gasteiger partial charge in [0.2, 0.25) is 0 Å². The van der Waals surface area contributed by atoms with Gasteiger partial charge in [-0.15, -0.1) is 0 Å². The van der Waals surface area contributed by atoms with Crippen LogP contribution in [0.5, 0.6) is 0 Å². The number of pyridine rings is 1. The summed E-state index contributed by atoms with van der Waals surface area (Å²) in [4.78, 5) is 18.8. The molecule has 0 saturated heterocycles. The number of urea groups is 1. The molecule has 0 aliphatic heterocycles. The van der Waals surface area contributed by atoms with Crippen LogP contribution in [-0.2, 0) is 6.54 Å². The van der Waals surface area contributed by atoms with Gasteiger partial charge in [0.1, 0.15) is 5.65 Å². The summed E-state index contributed by atoms with van der Waals surface area (Å²) in [6.07, 6.45) is 7.54. The minimum Gasteiger partial charge on any atom is -0.332 e. The minimum absolute atomic E-state index is 0.00877. The molecular weight excluding hydrogens is 308 g/mol. The zero-order valence-corrected chi connectivity index (χ0v) is 14.8. The summed E-state index contributed by atoms with van der Waals surface area (Å²) in [6, 6.07) is 6.37. The van der Waals surface area contributed by atoms with Crippen molar-refractivity contribution in [2.24, 2.45) is 0 Å². The Bertz CT molecular complexity index is 699. The Morgan fingerprint density at radius 2 is 2.30 bits per heavy atom. The predicted molar refractivity (Wildman–Crippen MR) is 94.9 cm³/mol. The Morgan fingerprint density at radius 1 is 1.48 bits per heavy atom. The molecular formula is C17H24N4OS. The van der Waals surface area contributed by atoms with Crippen LogP contribution in [0.15, 0.2) is 24.4 Å². The van der Waals surface area contributed by atoms with Gasteiger partial charge in [-0.3, -0.25) is 0 Å². The molecule has 1 fully saturated rings. The fourth-order valence-corrected chi connectivity index (χ4v) is 4.01. The molecule has 2 aromatic rings. The summed E-state index contributed by atoms with van der Waals surface area (Å²) in [6.45, 7) is 2.51. The quantitative estimate of drug-likeness (QED) is 0.936. The van der Waals surface area contributed by atoms with Gasteiger partial charge in [0.05, 0.1) is 12.2 Å². The molecule has 2 heterocycles. The van der Waals surface area contributed by atoms with Gasteiger partial charge in [-0.1, -0.05) is 6.07 Å². The van der Waals surface area contributed by atoms with E-state index in [2.05, 4.69) is 16.6 Å². The fourth-order valence-electron chi connectivity index (χ4n) is 3.22. The monoisotopic (exact) mass is 332 g/mol. The molecule has 23 heavy (non-hydrogen) atoms. The molecule has 5 nitrogen and oxygen atoms in total. The number of rotatable bonds is 4. The molecule has 1 N–H and O–H groups in total. The number of amides is 2. The number of carbonyl (C=O) groups excluding carboxylic acids is 1. The van der Waals surface area contributed by atoms with Gasteiger partial charge in [-0.2, -0.15) is 11.8 Å². The number of hydrogen-bond donors (Lipinski definition) is 1. The van der Waals surface area contributed by atoms with E-state index >= 15 is 0 Å². The molecule has 2 amide bonds. The van der Waals surface area contributed by atoms with Gasteiger partial charge >= 0.3 is 6.03 Å². The second-order valence-corrected chi connectivity index (χ2v) is 7.36. The van der Waals surface area contributed by atoms with Crippen molar-refractivity contribution in [2.45, 2.75) is 44.0 Å². The molecule has 2 aromatic heterocycles. The van der Waals surface area contributed by atoms with E-state index in [1.165, 1.54) is 6.42 Å². The second-order valence-electron chi connectivity index (χ2n) is 6.22. The first-order valence-corrected chi connectivity index (χ1v) is 9.34. The highest BCUT2D eigenvalue weighted by molar-refractivity contribution is 7.99. The molecule has 0 spiro atoms. The lowest BCUT2D eigenvalue weighted by atomic mass is 10.2. The molecule has 1 aliphatic carbocycles. The summed E-state index contributed by atoms with van der Waals surface area (Å²) in [5, 5.41) is 3.68. The lowest BCUT2D eigenvalue weighted by Crippen LogP contribution is -2.42. The van der Waals surface area contributed by atoms with Gasteiger partial charge < -0.3 is 14.6 Å². The van der Waals surface area contributed by atoms with Crippen molar-refractivity contribution < 1.29 is 4.79 Å². The third-order valence-electron chi connectivity index (χ3n) is 4.72. The first-order chi connectivity index (χ1) is 11.1. The molecule has 2 atom stereocenters. The van der Waals surface area contributed by atoms with Crippen molar-refractivity contribution in [1.29, 1.82) is 0 Å². The van der Waals surface area contributed by atoms with Crippen molar-refractivity contribution in [3.05, 3.63) is 35.8 Å². The standard InChI is InChI=1S/C17H24N4OS/c1-12-5-4-6-16-19-13(11-21(12)16)10-18-17(22)20(2)14-7-8-15(9-14)23-3/h4-6,11,14-15H,7-10H2,1-3H3,(H,18,22)/t14-,15+/m1/s1. The van der Waals surface area contributed by atoms with Crippen molar-refractivity contribution in [1.82, 2.24) is 19.6 Å². The summed E-state index contributed by atoms with van der Waals surface area (Å²) in [7, 11) is 1.90. The molecule has 0 radical (unpaired) electrons. The molecule has 124 valence electrons. The van der Waals surface area contributed by atoms with Crippen LogP contribution in [0.2, 0.25) is 0 Å². The predicted octanol–water partition coefficient (Wildman–Crippen LogP) is 3.07. The number of fused-ring (bicyclic) bond motifs is 1. The third kappa shape index (κ3) is 3.47. The smallest absolute Gasteiger partial charge is 0.317 e. The van der Waals surface area contributed by atoms with Gasteiger partial charge in [0.15, 0.2) is 0 Å². The molecule has 0 bridgehead atoms. The van der Waals surface area contributed by atoms with E-state index < -0.39 is 0 Å². The summed E-state index contributed by atoms with van der Waals surface area (Å²) in [5.41, 5.74) is 2.94. The van der Waals surface area contributed by atoms with Crippen LogP contribution in [0.3, 0.4) is 0 Å². The Hall–Kier alpha value is -1.69. The van der Waals surface area contributed by atoms with Crippen LogP contribution < -0.4 is 5.32 Å². The zero-order valence-electron chi connectivity index (χ0n) is 14.0. The van der Waals surface area contributed by atoms with Crippen LogP contribution in [0.1, 0.15) is 30.7 Å². The topological polar surface area (TPSA) is 49.6 Å². The maximum Gasteiger partial charge on any atom is 0.317 e. The lowest BCUT2D eigenvalue weighted by molar-refractivity contribution is 0.190. The zero-order chi connectivity index (χ0) is 16.4. The Balaban J connectivity index is 1.58. The highest BCUT2D eigenvalue weighted by Crippen LogP contribution is 2.30. The highest BCUT2D eigenvalue weighted by atomic mass is 32.2. The molecule has 0 aromatic carbocycles. The van der Waals surface area contributed by atoms with E-state index in [4.69, 9.17) is 0 Å². The number of thioether (sulfide) groups is 1. The van der Waals surface area contributed by atoms with Gasteiger partial charge in [-0.25, -0.2) is 9.78 Å². The fraction of sp³-hybridized carbons (Fsp3) is 0.529. The summed E-state index contributed by atoms with van der Waals surface area (Å²) >= 11 is 1.91. The largest absolute Gasteiger partial charge is 0.332 e. The van der Waals surface area contributed by atoms with Crippen LogP contribution >= 0.6 is 11.8 Å². The van der Waals surface area contributed by atoms with Crippen LogP contribution in [0.4, 0.5) is 4.79 Å². The number of nitrogens with zero attached hydrogens (tertiary/aromatic N) is 3. The number of aromatic nitrogens is 2. The Morgan fingerprint density at radius 3 is 3.00 bits per heavy atom. The molecule has 0 unspecified atom stereocenters. The average molecular weight is 332 g/mol. The van der Waals surface area contributed by atoms with Crippen LogP contribution in [0.25, 0.3) is 5.65 Å². The molecule has 6 heteroatoms. The van der Waals surface area contributed by atoms with Crippen molar-refractivity contribution >= 4 is 23.4 Å². The van der Waals surface area contributed by atoms with Gasteiger partial charge in [-0.05, 0) is 44.6 Å². The maximum atomic E-state index is 12.4. The first-order valence-electron chi connectivity index (χ1n) is 8.05. The van der Waals surface area contributed by atoms with E-state index in [1.807, 2.05) is 59.4 Å². The second kappa shape index (κ2) is 6.83. The minimum atomic E-state index is -0.00877. The van der Waals surface area contributed by atoms with E-state index in [1.54, 1.807) is 0 Å². The molecule has 3 rings (SSSR count). The molecule has 1 aliphatic rings. The number of nitrogens with one attached hydrogen (secondary N) is 1. The van der Waals surface area contributed by atoms with Gasteiger partial charge in [0.25, 0.3) is 0 Å². The van der Waals surface area contributed by atoms with Crippen molar-refractivity contribution in [2.75, 3.05) is 13.3 Å². The molecule has 1 saturated carbocycles.